The predicted octanol–water partition coefficient (Wildman–Crippen LogP) is 3.53. The molecule has 0 saturated heterocycles. The topological polar surface area (TPSA) is 89.4 Å². The first kappa shape index (κ1) is 20.5. The lowest BCUT2D eigenvalue weighted by Crippen LogP contribution is -2.62. The van der Waals surface area contributed by atoms with Crippen molar-refractivity contribution in [3.05, 3.63) is 52.4 Å². The highest BCUT2D eigenvalue weighted by atomic mass is 16.5. The fourth-order valence-electron chi connectivity index (χ4n) is 4.68. The Morgan fingerprint density at radius 2 is 1.97 bits per heavy atom. The van der Waals surface area contributed by atoms with Crippen LogP contribution < -0.4 is 15.6 Å². The van der Waals surface area contributed by atoms with E-state index in [0.29, 0.717) is 29.5 Å². The summed E-state index contributed by atoms with van der Waals surface area (Å²) >= 11 is 0. The lowest BCUT2D eigenvalue weighted by atomic mass is 9.49. The van der Waals surface area contributed by atoms with E-state index in [1.165, 1.54) is 4.90 Å². The molecular weight excluding hydrogens is 406 g/mol. The molecule has 3 fully saturated rings. The fraction of sp³-hybridized carbons (Fsp3) is 0.417. The van der Waals surface area contributed by atoms with Crippen molar-refractivity contribution < 1.29 is 9.53 Å². The van der Waals surface area contributed by atoms with Gasteiger partial charge in [0.05, 0.1) is 12.1 Å². The van der Waals surface area contributed by atoms with E-state index in [1.54, 1.807) is 30.9 Å². The number of anilines is 2. The highest BCUT2D eigenvalue weighted by molar-refractivity contribution is 5.96. The van der Waals surface area contributed by atoms with Gasteiger partial charge >= 0.3 is 0 Å². The Bertz CT molecular complexity index is 1230. The van der Waals surface area contributed by atoms with Gasteiger partial charge < -0.3 is 15.0 Å². The summed E-state index contributed by atoms with van der Waals surface area (Å²) in [7, 11) is 3.30. The molecule has 1 aromatic carbocycles. The number of carbonyl (C=O) groups is 1. The van der Waals surface area contributed by atoms with Crippen LogP contribution in [0.25, 0.3) is 11.0 Å². The molecular formula is C24H27N5O3. The number of rotatable bonds is 7. The number of nitrogens with zero attached hydrogens (tertiary/aromatic N) is 4. The fourth-order valence-corrected chi connectivity index (χ4v) is 4.68. The van der Waals surface area contributed by atoms with Gasteiger partial charge in [0, 0.05) is 31.4 Å². The molecule has 1 amide bonds. The maximum absolute atomic E-state index is 13.4. The number of ether oxygens (including phenoxy) is 1. The normalized spacial score (nSPS) is 20.9. The Kier molecular flexibility index (Phi) is 4.87. The molecule has 0 radical (unpaired) electrons. The number of aromatic nitrogens is 3. The van der Waals surface area contributed by atoms with Crippen LogP contribution in [0.3, 0.4) is 0 Å². The largest absolute Gasteiger partial charge is 0.494 e. The van der Waals surface area contributed by atoms with Crippen molar-refractivity contribution in [2.75, 3.05) is 26.0 Å². The van der Waals surface area contributed by atoms with Crippen LogP contribution in [0.1, 0.15) is 43.0 Å². The highest BCUT2D eigenvalue weighted by Crippen LogP contribution is 2.62. The van der Waals surface area contributed by atoms with E-state index >= 15 is 0 Å². The Labute approximate surface area is 186 Å². The van der Waals surface area contributed by atoms with E-state index in [2.05, 4.69) is 17.2 Å². The molecule has 0 spiro atoms. The Morgan fingerprint density at radius 1 is 1.25 bits per heavy atom. The van der Waals surface area contributed by atoms with E-state index in [1.807, 2.05) is 24.3 Å². The van der Waals surface area contributed by atoms with Crippen LogP contribution in [0.4, 0.5) is 11.6 Å². The molecule has 8 nitrogen and oxygen atoms in total. The first-order valence-corrected chi connectivity index (χ1v) is 11.0. The lowest BCUT2D eigenvalue weighted by molar-refractivity contribution is -0.0884. The number of nitrogens with one attached hydrogen (secondary N) is 1. The summed E-state index contributed by atoms with van der Waals surface area (Å²) in [5.74, 6) is 1.60. The van der Waals surface area contributed by atoms with Crippen LogP contribution in [0.15, 0.2) is 41.3 Å². The maximum atomic E-state index is 13.4. The zero-order chi connectivity index (χ0) is 22.5. The first-order chi connectivity index (χ1) is 15.4. The number of fused-ring (bicyclic) bond motifs is 1. The second-order valence-corrected chi connectivity index (χ2v) is 9.07. The molecule has 2 heterocycles. The van der Waals surface area contributed by atoms with Crippen LogP contribution in [0, 0.1) is 5.92 Å². The summed E-state index contributed by atoms with van der Waals surface area (Å²) in [5.41, 5.74) is 1.08. The van der Waals surface area contributed by atoms with E-state index in [0.717, 1.165) is 37.1 Å². The molecule has 166 valence electrons. The molecule has 0 atom stereocenters. The van der Waals surface area contributed by atoms with E-state index in [4.69, 9.17) is 9.72 Å². The minimum Gasteiger partial charge on any atom is -0.494 e. The minimum atomic E-state index is -0.301. The number of pyridine rings is 1. The second kappa shape index (κ2) is 7.62. The monoisotopic (exact) mass is 433 g/mol. The zero-order valence-corrected chi connectivity index (χ0v) is 18.6. The van der Waals surface area contributed by atoms with Crippen molar-refractivity contribution in [3.8, 4) is 5.75 Å². The Hall–Kier alpha value is -3.42. The number of benzene rings is 1. The summed E-state index contributed by atoms with van der Waals surface area (Å²) in [6.45, 7) is 2.75. The molecule has 2 aromatic heterocycles. The van der Waals surface area contributed by atoms with Gasteiger partial charge in [-0.25, -0.2) is 4.98 Å². The van der Waals surface area contributed by atoms with Crippen LogP contribution in [0.5, 0.6) is 5.75 Å². The number of hydrogen-bond donors (Lipinski definition) is 1. The molecule has 1 N–H and O–H groups in total. The standard InChI is InChI=1S/C24H27N5O3/c1-4-9-32-18-7-5-17(6-8-18)26-23-25-14-16-10-19(21(30)28(2)3)22(31)29(20(16)27-23)24-11-15(12-24)13-24/h5-8,10,14-15H,4,9,11-13H2,1-3H3,(H,25,26,27). The maximum Gasteiger partial charge on any atom is 0.265 e. The molecule has 32 heavy (non-hydrogen) atoms. The lowest BCUT2D eigenvalue weighted by Gasteiger charge is -2.62. The van der Waals surface area contributed by atoms with Crippen LogP contribution >= 0.6 is 0 Å². The summed E-state index contributed by atoms with van der Waals surface area (Å²) in [4.78, 5) is 36.6. The first-order valence-electron chi connectivity index (χ1n) is 11.0. The molecule has 8 heteroatoms. The van der Waals surface area contributed by atoms with Gasteiger partial charge in [-0.1, -0.05) is 6.92 Å². The summed E-state index contributed by atoms with van der Waals surface area (Å²) in [5, 5.41) is 3.90. The average molecular weight is 434 g/mol. The van der Waals surface area contributed by atoms with Gasteiger partial charge in [0.2, 0.25) is 5.95 Å². The number of carbonyl (C=O) groups excluding carboxylic acids is 1. The van der Waals surface area contributed by atoms with Crippen molar-refractivity contribution in [1.29, 1.82) is 0 Å². The third-order valence-corrected chi connectivity index (χ3v) is 6.44. The third-order valence-electron chi connectivity index (χ3n) is 6.44. The van der Waals surface area contributed by atoms with Gasteiger partial charge in [-0.15, -0.1) is 0 Å². The quantitative estimate of drug-likeness (QED) is 0.613. The van der Waals surface area contributed by atoms with Gasteiger partial charge in [-0.05, 0) is 61.9 Å². The van der Waals surface area contributed by atoms with Gasteiger partial charge in [0.1, 0.15) is 17.0 Å². The van der Waals surface area contributed by atoms with Gasteiger partial charge in [0.25, 0.3) is 11.5 Å². The van der Waals surface area contributed by atoms with E-state index in [-0.39, 0.29) is 22.6 Å². The van der Waals surface area contributed by atoms with Gasteiger partial charge in [0.15, 0.2) is 0 Å². The smallest absolute Gasteiger partial charge is 0.265 e. The highest BCUT2D eigenvalue weighted by Gasteiger charge is 2.59. The summed E-state index contributed by atoms with van der Waals surface area (Å²) in [6, 6.07) is 9.23. The third kappa shape index (κ3) is 3.30. The molecule has 6 rings (SSSR count). The van der Waals surface area contributed by atoms with Crippen LogP contribution in [-0.4, -0.2) is 46.0 Å². The van der Waals surface area contributed by atoms with Gasteiger partial charge in [-0.2, -0.15) is 4.98 Å². The zero-order valence-electron chi connectivity index (χ0n) is 18.6. The van der Waals surface area contributed by atoms with Crippen molar-refractivity contribution in [2.45, 2.75) is 38.1 Å². The number of amides is 1. The molecule has 0 aliphatic heterocycles. The molecule has 3 aromatic rings. The molecule has 3 saturated carbocycles. The van der Waals surface area contributed by atoms with E-state index < -0.39 is 0 Å². The molecule has 2 bridgehead atoms. The predicted molar refractivity (Wildman–Crippen MR) is 123 cm³/mol. The summed E-state index contributed by atoms with van der Waals surface area (Å²) in [6.07, 6.45) is 5.53. The molecule has 0 unspecified atom stereocenters. The summed E-state index contributed by atoms with van der Waals surface area (Å²) < 4.78 is 7.38. The van der Waals surface area contributed by atoms with Crippen molar-refractivity contribution in [1.82, 2.24) is 19.4 Å². The van der Waals surface area contributed by atoms with E-state index in [9.17, 15) is 9.59 Å². The second-order valence-electron chi connectivity index (χ2n) is 9.07. The molecule has 3 aliphatic carbocycles. The van der Waals surface area contributed by atoms with Crippen LogP contribution in [0.2, 0.25) is 0 Å². The van der Waals surface area contributed by atoms with Crippen molar-refractivity contribution in [2.24, 2.45) is 5.92 Å². The SMILES string of the molecule is CCCOc1ccc(Nc2ncc3cc(C(=O)N(C)C)c(=O)n(C45CC(C4)C5)c3n2)cc1. The minimum absolute atomic E-state index is 0.166. The van der Waals surface area contributed by atoms with Gasteiger partial charge in [-0.3, -0.25) is 14.2 Å². The van der Waals surface area contributed by atoms with Crippen LogP contribution in [-0.2, 0) is 5.54 Å². The number of hydrogen-bond acceptors (Lipinski definition) is 6. The van der Waals surface area contributed by atoms with Crippen molar-refractivity contribution >= 4 is 28.6 Å². The van der Waals surface area contributed by atoms with Crippen molar-refractivity contribution in [3.63, 3.8) is 0 Å². The molecule has 3 aliphatic rings. The Morgan fingerprint density at radius 3 is 2.56 bits per heavy atom. The Balaban J connectivity index is 1.53. The average Bonchev–Trinajstić information content (AvgIpc) is 2.72.